The fourth-order valence-corrected chi connectivity index (χ4v) is 3.78. The molecule has 0 aliphatic rings. The fraction of sp³-hybridized carbons (Fsp3) is 0.0385. The maximum atomic E-state index is 13.3. The molecule has 5 rings (SSSR count). The van der Waals surface area contributed by atoms with Gasteiger partial charge in [-0.1, -0.05) is 84.9 Å². The molecular formula is C26H19N3O2. The van der Waals surface area contributed by atoms with Crippen LogP contribution < -0.4 is 10.9 Å². The Morgan fingerprint density at radius 3 is 2.19 bits per heavy atom. The van der Waals surface area contributed by atoms with E-state index in [1.54, 1.807) is 24.3 Å². The molecule has 1 N–H and O–H groups in total. The summed E-state index contributed by atoms with van der Waals surface area (Å²) >= 11 is 0. The van der Waals surface area contributed by atoms with Crippen LogP contribution in [-0.4, -0.2) is 15.7 Å². The number of carbonyl (C=O) groups is 1. The lowest BCUT2D eigenvalue weighted by atomic mass is 10.1. The average molecular weight is 405 g/mol. The molecule has 0 bridgehead atoms. The molecule has 0 radical (unpaired) electrons. The molecule has 150 valence electrons. The van der Waals surface area contributed by atoms with Gasteiger partial charge in [0, 0.05) is 16.5 Å². The van der Waals surface area contributed by atoms with Crippen molar-refractivity contribution in [1.82, 2.24) is 9.78 Å². The molecule has 0 saturated carbocycles. The smallest absolute Gasteiger partial charge is 0.276 e. The minimum absolute atomic E-state index is 0.221. The highest BCUT2D eigenvalue weighted by atomic mass is 16.2. The zero-order valence-corrected chi connectivity index (χ0v) is 16.7. The van der Waals surface area contributed by atoms with Crippen molar-refractivity contribution in [3.63, 3.8) is 0 Å². The van der Waals surface area contributed by atoms with E-state index < -0.39 is 0 Å². The Morgan fingerprint density at radius 1 is 0.742 bits per heavy atom. The van der Waals surface area contributed by atoms with Crippen molar-refractivity contribution in [3.8, 4) is 0 Å². The van der Waals surface area contributed by atoms with Crippen LogP contribution in [0.1, 0.15) is 16.1 Å². The summed E-state index contributed by atoms with van der Waals surface area (Å²) < 4.78 is 1.36. The molecule has 5 heteroatoms. The molecule has 1 heterocycles. The lowest BCUT2D eigenvalue weighted by Crippen LogP contribution is -2.28. The van der Waals surface area contributed by atoms with E-state index in [9.17, 15) is 9.59 Å². The highest BCUT2D eigenvalue weighted by molar-refractivity contribution is 6.13. The van der Waals surface area contributed by atoms with Crippen LogP contribution >= 0.6 is 0 Å². The molecule has 1 aromatic heterocycles. The first-order chi connectivity index (χ1) is 15.2. The molecule has 0 spiro atoms. The van der Waals surface area contributed by atoms with Gasteiger partial charge in [-0.2, -0.15) is 5.10 Å². The van der Waals surface area contributed by atoms with Crippen LogP contribution in [-0.2, 0) is 6.54 Å². The standard InChI is InChI=1S/C26H19N3O2/c30-25(27-23-16-8-12-19-11-4-5-13-20(19)23)24-21-14-6-7-15-22(21)26(31)29(28-24)17-18-9-2-1-3-10-18/h1-16H,17H2,(H,27,30). The average Bonchev–Trinajstić information content (AvgIpc) is 2.82. The lowest BCUT2D eigenvalue weighted by molar-refractivity contribution is 0.102. The SMILES string of the molecule is O=C(Nc1cccc2ccccc12)c1nn(Cc2ccccc2)c(=O)c2ccccc12. The number of amides is 1. The fourth-order valence-electron chi connectivity index (χ4n) is 3.78. The topological polar surface area (TPSA) is 64.0 Å². The number of rotatable bonds is 4. The van der Waals surface area contributed by atoms with Crippen LogP contribution in [0, 0.1) is 0 Å². The van der Waals surface area contributed by atoms with E-state index in [2.05, 4.69) is 10.4 Å². The number of hydrogen-bond donors (Lipinski definition) is 1. The number of aromatic nitrogens is 2. The number of carbonyl (C=O) groups excluding carboxylic acids is 1. The second-order valence-corrected chi connectivity index (χ2v) is 7.32. The van der Waals surface area contributed by atoms with Gasteiger partial charge in [0.05, 0.1) is 11.9 Å². The Hall–Kier alpha value is -4.25. The van der Waals surface area contributed by atoms with Crippen LogP contribution in [0.3, 0.4) is 0 Å². The van der Waals surface area contributed by atoms with Crippen LogP contribution in [0.15, 0.2) is 102 Å². The first-order valence-corrected chi connectivity index (χ1v) is 10.0. The largest absolute Gasteiger partial charge is 0.320 e. The van der Waals surface area contributed by atoms with Gasteiger partial charge in [-0.15, -0.1) is 0 Å². The van der Waals surface area contributed by atoms with Crippen LogP contribution in [0.2, 0.25) is 0 Å². The summed E-state index contributed by atoms with van der Waals surface area (Å²) in [6.07, 6.45) is 0. The van der Waals surface area contributed by atoms with E-state index in [0.717, 1.165) is 16.3 Å². The third-order valence-corrected chi connectivity index (χ3v) is 5.30. The predicted molar refractivity (Wildman–Crippen MR) is 123 cm³/mol. The van der Waals surface area contributed by atoms with Gasteiger partial charge in [0.15, 0.2) is 5.69 Å². The van der Waals surface area contributed by atoms with E-state index in [4.69, 9.17) is 0 Å². The molecule has 0 saturated heterocycles. The van der Waals surface area contributed by atoms with Gasteiger partial charge in [-0.05, 0) is 23.1 Å². The number of hydrogen-bond acceptors (Lipinski definition) is 3. The highest BCUT2D eigenvalue weighted by Gasteiger charge is 2.17. The maximum absolute atomic E-state index is 13.3. The summed E-state index contributed by atoms with van der Waals surface area (Å²) in [4.78, 5) is 26.3. The number of benzene rings is 4. The predicted octanol–water partition coefficient (Wildman–Crippen LogP) is 4.85. The van der Waals surface area contributed by atoms with Crippen molar-refractivity contribution in [1.29, 1.82) is 0 Å². The summed E-state index contributed by atoms with van der Waals surface area (Å²) in [6, 6.07) is 30.3. The molecule has 31 heavy (non-hydrogen) atoms. The number of nitrogens with zero attached hydrogens (tertiary/aromatic N) is 2. The minimum atomic E-state index is -0.352. The molecule has 4 aromatic carbocycles. The van der Waals surface area contributed by atoms with Crippen LogP contribution in [0.5, 0.6) is 0 Å². The van der Waals surface area contributed by atoms with E-state index >= 15 is 0 Å². The minimum Gasteiger partial charge on any atom is -0.320 e. The molecule has 0 fully saturated rings. The second-order valence-electron chi connectivity index (χ2n) is 7.32. The molecule has 5 nitrogen and oxygen atoms in total. The third-order valence-electron chi connectivity index (χ3n) is 5.30. The summed E-state index contributed by atoms with van der Waals surface area (Å²) in [7, 11) is 0. The molecule has 0 aliphatic carbocycles. The molecule has 0 unspecified atom stereocenters. The Bertz CT molecular complexity index is 1470. The molecule has 5 aromatic rings. The Morgan fingerprint density at radius 2 is 1.39 bits per heavy atom. The van der Waals surface area contributed by atoms with Crippen molar-refractivity contribution >= 4 is 33.1 Å². The highest BCUT2D eigenvalue weighted by Crippen LogP contribution is 2.24. The second kappa shape index (κ2) is 7.88. The summed E-state index contributed by atoms with van der Waals surface area (Å²) in [5, 5.41) is 10.4. The number of fused-ring (bicyclic) bond motifs is 2. The monoisotopic (exact) mass is 405 g/mol. The van der Waals surface area contributed by atoms with E-state index in [1.807, 2.05) is 72.8 Å². The molecule has 1 amide bonds. The van der Waals surface area contributed by atoms with Gasteiger partial charge in [0.25, 0.3) is 11.5 Å². The van der Waals surface area contributed by atoms with Crippen molar-refractivity contribution in [2.75, 3.05) is 5.32 Å². The summed E-state index contributed by atoms with van der Waals surface area (Å²) in [5.74, 6) is -0.352. The molecule has 0 atom stereocenters. The Balaban J connectivity index is 1.60. The van der Waals surface area contributed by atoms with Crippen molar-refractivity contribution in [3.05, 3.63) is 119 Å². The van der Waals surface area contributed by atoms with Gasteiger partial charge in [-0.3, -0.25) is 9.59 Å². The maximum Gasteiger partial charge on any atom is 0.276 e. The first kappa shape index (κ1) is 18.8. The van der Waals surface area contributed by atoms with Crippen molar-refractivity contribution in [2.24, 2.45) is 0 Å². The van der Waals surface area contributed by atoms with Crippen molar-refractivity contribution in [2.45, 2.75) is 6.54 Å². The quantitative estimate of drug-likeness (QED) is 0.465. The normalized spacial score (nSPS) is 11.0. The Kier molecular flexibility index (Phi) is 4.77. The summed E-state index contributed by atoms with van der Waals surface area (Å²) in [5.41, 5.74) is 1.64. The molecule has 0 aliphatic heterocycles. The van der Waals surface area contributed by atoms with E-state index in [1.165, 1.54) is 4.68 Å². The number of nitrogens with one attached hydrogen (secondary N) is 1. The van der Waals surface area contributed by atoms with E-state index in [-0.39, 0.29) is 17.2 Å². The van der Waals surface area contributed by atoms with Gasteiger partial charge in [0.2, 0.25) is 0 Å². The van der Waals surface area contributed by atoms with Gasteiger partial charge in [0.1, 0.15) is 0 Å². The van der Waals surface area contributed by atoms with Gasteiger partial charge >= 0.3 is 0 Å². The van der Waals surface area contributed by atoms with Crippen molar-refractivity contribution < 1.29 is 4.79 Å². The third kappa shape index (κ3) is 3.57. The Labute approximate surface area is 178 Å². The van der Waals surface area contributed by atoms with Crippen LogP contribution in [0.4, 0.5) is 5.69 Å². The first-order valence-electron chi connectivity index (χ1n) is 10.0. The van der Waals surface area contributed by atoms with Gasteiger partial charge < -0.3 is 5.32 Å². The van der Waals surface area contributed by atoms with Crippen LogP contribution in [0.25, 0.3) is 21.5 Å². The van der Waals surface area contributed by atoms with E-state index in [0.29, 0.717) is 23.0 Å². The van der Waals surface area contributed by atoms with Gasteiger partial charge in [-0.25, -0.2) is 4.68 Å². The lowest BCUT2D eigenvalue weighted by Gasteiger charge is -2.12. The number of anilines is 1. The molecular weight excluding hydrogens is 386 g/mol. The zero-order chi connectivity index (χ0) is 21.2. The summed E-state index contributed by atoms with van der Waals surface area (Å²) in [6.45, 7) is 0.291. The zero-order valence-electron chi connectivity index (χ0n) is 16.7.